The molecule has 2 atom stereocenters. The third kappa shape index (κ3) is 5.86. The standard InChI is InChI=1S/C21H27F2NO4/c1-2-3-4-5-18(25)11-10-17-14-21(22,23)20(28)24(17)13-12-15-6-8-16(9-7-15)19(26)27/h6-11,17-18,25H,2-5,12-14H2,1H3,(H,26,27)/b11-10+/t17-,18+/m0/s1. The average molecular weight is 395 g/mol. The molecule has 1 aromatic carbocycles. The van der Waals surface area contributed by atoms with E-state index in [-0.39, 0.29) is 12.1 Å². The number of hydrogen-bond donors (Lipinski definition) is 2. The van der Waals surface area contributed by atoms with Crippen molar-refractivity contribution in [2.45, 2.75) is 63.5 Å². The second-order valence-corrected chi connectivity index (χ2v) is 7.17. The lowest BCUT2D eigenvalue weighted by Crippen LogP contribution is -2.37. The molecule has 0 spiro atoms. The van der Waals surface area contributed by atoms with Crippen LogP contribution in [0.15, 0.2) is 36.4 Å². The van der Waals surface area contributed by atoms with Crippen LogP contribution in [0.2, 0.25) is 0 Å². The second-order valence-electron chi connectivity index (χ2n) is 7.17. The molecule has 5 nitrogen and oxygen atoms in total. The minimum absolute atomic E-state index is 0.0990. The van der Waals surface area contributed by atoms with E-state index < -0.39 is 36.4 Å². The summed E-state index contributed by atoms with van der Waals surface area (Å²) in [5, 5.41) is 18.9. The monoisotopic (exact) mass is 395 g/mol. The van der Waals surface area contributed by atoms with Crippen LogP contribution < -0.4 is 0 Å². The van der Waals surface area contributed by atoms with E-state index >= 15 is 0 Å². The van der Waals surface area contributed by atoms with Crippen molar-refractivity contribution in [1.29, 1.82) is 0 Å². The Balaban J connectivity index is 2.00. The summed E-state index contributed by atoms with van der Waals surface area (Å²) in [6.45, 7) is 2.16. The number of nitrogens with zero attached hydrogens (tertiary/aromatic N) is 1. The van der Waals surface area contributed by atoms with Gasteiger partial charge in [0, 0.05) is 13.0 Å². The molecule has 1 aliphatic rings. The first kappa shape index (κ1) is 22.0. The van der Waals surface area contributed by atoms with Crippen LogP contribution in [0.25, 0.3) is 0 Å². The largest absolute Gasteiger partial charge is 0.478 e. The maximum Gasteiger partial charge on any atom is 0.335 e. The normalized spacial score (nSPS) is 20.1. The number of carboxylic acid groups (broad SMARTS) is 1. The lowest BCUT2D eigenvalue weighted by atomic mass is 10.1. The second kappa shape index (κ2) is 9.78. The number of carboxylic acids is 1. The number of carbonyl (C=O) groups is 2. The zero-order chi connectivity index (χ0) is 20.7. The first-order valence-corrected chi connectivity index (χ1v) is 9.62. The number of aliphatic hydroxyl groups excluding tert-OH is 1. The van der Waals surface area contributed by atoms with Gasteiger partial charge in [0.2, 0.25) is 0 Å². The van der Waals surface area contributed by atoms with E-state index in [1.807, 2.05) is 0 Å². The number of likely N-dealkylation sites (tertiary alicyclic amines) is 1. The van der Waals surface area contributed by atoms with Crippen LogP contribution in [-0.4, -0.2) is 51.6 Å². The molecule has 1 aromatic rings. The maximum absolute atomic E-state index is 13.9. The third-order valence-electron chi connectivity index (χ3n) is 4.94. The Hall–Kier alpha value is -2.28. The van der Waals surface area contributed by atoms with Crippen molar-refractivity contribution in [3.05, 3.63) is 47.5 Å². The van der Waals surface area contributed by atoms with Crippen LogP contribution in [0.3, 0.4) is 0 Å². The Morgan fingerprint density at radius 2 is 2.00 bits per heavy atom. The summed E-state index contributed by atoms with van der Waals surface area (Å²) >= 11 is 0. The first-order valence-electron chi connectivity index (χ1n) is 9.62. The van der Waals surface area contributed by atoms with Crippen LogP contribution in [-0.2, 0) is 11.2 Å². The van der Waals surface area contributed by atoms with E-state index in [2.05, 4.69) is 6.92 Å². The molecule has 28 heavy (non-hydrogen) atoms. The molecule has 2 rings (SSSR count). The molecule has 1 amide bonds. The molecule has 1 aliphatic heterocycles. The highest BCUT2D eigenvalue weighted by Gasteiger charge is 2.52. The van der Waals surface area contributed by atoms with Gasteiger partial charge in [0.05, 0.1) is 17.7 Å². The fraction of sp³-hybridized carbons (Fsp3) is 0.524. The van der Waals surface area contributed by atoms with Crippen LogP contribution in [0, 0.1) is 0 Å². The summed E-state index contributed by atoms with van der Waals surface area (Å²) in [6.07, 6.45) is 5.49. The summed E-state index contributed by atoms with van der Waals surface area (Å²) in [5.74, 6) is -5.65. The Labute approximate surface area is 163 Å². The lowest BCUT2D eigenvalue weighted by Gasteiger charge is -2.22. The number of benzene rings is 1. The Morgan fingerprint density at radius 1 is 1.32 bits per heavy atom. The first-order chi connectivity index (χ1) is 13.2. The SMILES string of the molecule is CCCCC[C@@H](O)/C=C/[C@H]1CC(F)(F)C(=O)N1CCc1ccc(C(=O)O)cc1. The van der Waals surface area contributed by atoms with Gasteiger partial charge in [-0.3, -0.25) is 4.79 Å². The lowest BCUT2D eigenvalue weighted by molar-refractivity contribution is -0.148. The van der Waals surface area contributed by atoms with Crippen LogP contribution in [0.1, 0.15) is 54.9 Å². The molecule has 0 aromatic heterocycles. The minimum Gasteiger partial charge on any atom is -0.478 e. The third-order valence-corrected chi connectivity index (χ3v) is 4.94. The predicted octanol–water partition coefficient (Wildman–Crippen LogP) is 3.66. The number of carbonyl (C=O) groups excluding carboxylic acids is 1. The molecule has 2 N–H and O–H groups in total. The Kier molecular flexibility index (Phi) is 7.69. The molecule has 0 bridgehead atoms. The van der Waals surface area contributed by atoms with Gasteiger partial charge >= 0.3 is 11.9 Å². The molecule has 7 heteroatoms. The number of unbranched alkanes of at least 4 members (excludes halogenated alkanes) is 2. The van der Waals surface area contributed by atoms with Gasteiger partial charge in [0.15, 0.2) is 0 Å². The summed E-state index contributed by atoms with van der Waals surface area (Å²) in [4.78, 5) is 24.1. The number of rotatable bonds is 10. The van der Waals surface area contributed by atoms with E-state index in [1.165, 1.54) is 24.3 Å². The van der Waals surface area contributed by atoms with Crippen LogP contribution >= 0.6 is 0 Å². The molecule has 1 fully saturated rings. The molecule has 0 radical (unpaired) electrons. The van der Waals surface area contributed by atoms with Crippen molar-refractivity contribution >= 4 is 11.9 Å². The fourth-order valence-electron chi connectivity index (χ4n) is 3.28. The van der Waals surface area contributed by atoms with Gasteiger partial charge < -0.3 is 15.1 Å². The van der Waals surface area contributed by atoms with E-state index in [0.717, 1.165) is 29.7 Å². The average Bonchev–Trinajstić information content (AvgIpc) is 2.87. The zero-order valence-electron chi connectivity index (χ0n) is 16.0. The molecule has 154 valence electrons. The molecule has 0 saturated carbocycles. The highest BCUT2D eigenvalue weighted by atomic mass is 19.3. The van der Waals surface area contributed by atoms with Crippen molar-refractivity contribution in [1.82, 2.24) is 4.90 Å². The van der Waals surface area contributed by atoms with Gasteiger partial charge in [0.1, 0.15) is 0 Å². The van der Waals surface area contributed by atoms with Gasteiger partial charge in [-0.2, -0.15) is 8.78 Å². The minimum atomic E-state index is -3.41. The molecule has 1 heterocycles. The fourth-order valence-corrected chi connectivity index (χ4v) is 3.28. The number of aromatic carboxylic acids is 1. The molecule has 0 aliphatic carbocycles. The Morgan fingerprint density at radius 3 is 2.61 bits per heavy atom. The van der Waals surface area contributed by atoms with E-state index in [1.54, 1.807) is 12.1 Å². The predicted molar refractivity (Wildman–Crippen MR) is 101 cm³/mol. The number of hydrogen-bond acceptors (Lipinski definition) is 3. The number of halogens is 2. The van der Waals surface area contributed by atoms with Gasteiger partial charge in [-0.25, -0.2) is 4.79 Å². The molecule has 1 saturated heterocycles. The van der Waals surface area contributed by atoms with Crippen molar-refractivity contribution < 1.29 is 28.6 Å². The topological polar surface area (TPSA) is 77.8 Å². The van der Waals surface area contributed by atoms with Crippen molar-refractivity contribution in [3.63, 3.8) is 0 Å². The Bertz CT molecular complexity index is 703. The van der Waals surface area contributed by atoms with Crippen molar-refractivity contribution in [2.24, 2.45) is 0 Å². The smallest absolute Gasteiger partial charge is 0.335 e. The van der Waals surface area contributed by atoms with E-state index in [0.29, 0.717) is 12.8 Å². The highest BCUT2D eigenvalue weighted by Crippen LogP contribution is 2.34. The van der Waals surface area contributed by atoms with Crippen LogP contribution in [0.4, 0.5) is 8.78 Å². The van der Waals surface area contributed by atoms with E-state index in [4.69, 9.17) is 5.11 Å². The van der Waals surface area contributed by atoms with E-state index in [9.17, 15) is 23.5 Å². The zero-order valence-corrected chi connectivity index (χ0v) is 16.0. The maximum atomic E-state index is 13.9. The molecular formula is C21H27F2NO4. The quantitative estimate of drug-likeness (QED) is 0.468. The summed E-state index contributed by atoms with van der Waals surface area (Å²) in [6, 6.07) is 5.36. The number of aliphatic hydroxyl groups is 1. The van der Waals surface area contributed by atoms with Crippen LogP contribution in [0.5, 0.6) is 0 Å². The molecule has 0 unspecified atom stereocenters. The van der Waals surface area contributed by atoms with Crippen molar-refractivity contribution in [2.75, 3.05) is 6.54 Å². The van der Waals surface area contributed by atoms with Gasteiger partial charge in [-0.05, 0) is 30.5 Å². The van der Waals surface area contributed by atoms with Crippen molar-refractivity contribution in [3.8, 4) is 0 Å². The number of alkyl halides is 2. The van der Waals surface area contributed by atoms with Gasteiger partial charge in [0.25, 0.3) is 5.91 Å². The molecular weight excluding hydrogens is 368 g/mol. The highest BCUT2D eigenvalue weighted by molar-refractivity contribution is 5.87. The summed E-state index contributed by atoms with van der Waals surface area (Å²) in [7, 11) is 0. The summed E-state index contributed by atoms with van der Waals surface area (Å²) in [5.41, 5.74) is 0.903. The van der Waals surface area contributed by atoms with Gasteiger partial charge in [-0.1, -0.05) is 50.5 Å². The summed E-state index contributed by atoms with van der Waals surface area (Å²) < 4.78 is 27.9. The van der Waals surface area contributed by atoms with Gasteiger partial charge in [-0.15, -0.1) is 0 Å². The number of amides is 1.